The molecule has 0 aromatic carbocycles. The van der Waals surface area contributed by atoms with Crippen molar-refractivity contribution in [2.75, 3.05) is 46.2 Å². The normalized spacial score (nSPS) is 12.6. The number of hydrogen-bond donors (Lipinski definition) is 3. The molecule has 5 N–H and O–H groups in total. The Hall–Kier alpha value is -0.730. The van der Waals surface area contributed by atoms with Gasteiger partial charge in [-0.2, -0.15) is 0 Å². The smallest absolute Gasteiger partial charge is 0.322 e. The molecule has 0 unspecified atom stereocenters. The molecule has 0 aromatic rings. The monoisotopic (exact) mass is 236 g/mol. The van der Waals surface area contributed by atoms with Gasteiger partial charge in [0.15, 0.2) is 0 Å². The first-order valence-electron chi connectivity index (χ1n) is 5.10. The zero-order valence-electron chi connectivity index (χ0n) is 9.26. The van der Waals surface area contributed by atoms with Crippen LogP contribution in [0.2, 0.25) is 0 Å². The van der Waals surface area contributed by atoms with Gasteiger partial charge in [0.1, 0.15) is 6.04 Å². The first-order valence-corrected chi connectivity index (χ1v) is 5.10. The van der Waals surface area contributed by atoms with E-state index in [-0.39, 0.29) is 6.61 Å². The molecule has 1 atom stereocenters. The quantitative estimate of drug-likeness (QED) is 0.370. The number of carboxylic acids is 1. The van der Waals surface area contributed by atoms with Crippen LogP contribution in [0, 0.1) is 0 Å². The van der Waals surface area contributed by atoms with Crippen LogP contribution in [0.4, 0.5) is 0 Å². The average molecular weight is 236 g/mol. The van der Waals surface area contributed by atoms with Gasteiger partial charge in [0.25, 0.3) is 0 Å². The molecule has 0 bridgehead atoms. The van der Waals surface area contributed by atoms with E-state index in [1.165, 1.54) is 0 Å². The van der Waals surface area contributed by atoms with Crippen LogP contribution < -0.4 is 11.5 Å². The average Bonchev–Trinajstić information content (AvgIpc) is 2.26. The molecule has 0 fully saturated rings. The lowest BCUT2D eigenvalue weighted by atomic mass is 10.3. The summed E-state index contributed by atoms with van der Waals surface area (Å²) in [7, 11) is 0. The molecule has 0 saturated heterocycles. The van der Waals surface area contributed by atoms with E-state index in [0.29, 0.717) is 39.6 Å². The molecule has 7 nitrogen and oxygen atoms in total. The van der Waals surface area contributed by atoms with Gasteiger partial charge in [-0.15, -0.1) is 0 Å². The van der Waals surface area contributed by atoms with E-state index in [0.717, 1.165) is 0 Å². The highest BCUT2D eigenvalue weighted by Gasteiger charge is 2.10. The lowest BCUT2D eigenvalue weighted by Gasteiger charge is -2.08. The molecule has 0 rings (SSSR count). The molecular weight excluding hydrogens is 216 g/mol. The Labute approximate surface area is 94.6 Å². The Morgan fingerprint density at radius 3 is 2.06 bits per heavy atom. The highest BCUT2D eigenvalue weighted by Crippen LogP contribution is 1.84. The van der Waals surface area contributed by atoms with Crippen LogP contribution in [-0.2, 0) is 19.0 Å². The lowest BCUT2D eigenvalue weighted by Crippen LogP contribution is -2.35. The van der Waals surface area contributed by atoms with Crippen molar-refractivity contribution in [3.05, 3.63) is 0 Å². The van der Waals surface area contributed by atoms with Gasteiger partial charge in [-0.25, -0.2) is 0 Å². The van der Waals surface area contributed by atoms with Crippen LogP contribution in [0.15, 0.2) is 0 Å². The van der Waals surface area contributed by atoms with Crippen molar-refractivity contribution in [1.29, 1.82) is 0 Å². The molecular formula is C9H20N2O5. The van der Waals surface area contributed by atoms with Gasteiger partial charge < -0.3 is 30.8 Å². The summed E-state index contributed by atoms with van der Waals surface area (Å²) in [6.45, 7) is 2.67. The summed E-state index contributed by atoms with van der Waals surface area (Å²) >= 11 is 0. The maximum atomic E-state index is 10.3. The Balaban J connectivity index is 3.07. The summed E-state index contributed by atoms with van der Waals surface area (Å²) in [6, 6.07) is -0.979. The van der Waals surface area contributed by atoms with Crippen LogP contribution in [0.3, 0.4) is 0 Å². The van der Waals surface area contributed by atoms with Gasteiger partial charge in [-0.05, 0) is 0 Å². The molecule has 16 heavy (non-hydrogen) atoms. The molecule has 0 aliphatic heterocycles. The lowest BCUT2D eigenvalue weighted by molar-refractivity contribution is -0.140. The second-order valence-corrected chi connectivity index (χ2v) is 3.03. The van der Waals surface area contributed by atoms with E-state index in [1.54, 1.807) is 0 Å². The van der Waals surface area contributed by atoms with Crippen LogP contribution in [0.5, 0.6) is 0 Å². The summed E-state index contributed by atoms with van der Waals surface area (Å²) < 4.78 is 15.2. The fraction of sp³-hybridized carbons (Fsp3) is 0.889. The van der Waals surface area contributed by atoms with Crippen LogP contribution in [0.1, 0.15) is 0 Å². The first-order chi connectivity index (χ1) is 7.68. The molecule has 0 aromatic heterocycles. The molecule has 0 heterocycles. The molecule has 0 radical (unpaired) electrons. The zero-order valence-corrected chi connectivity index (χ0v) is 9.26. The van der Waals surface area contributed by atoms with Crippen molar-refractivity contribution in [2.45, 2.75) is 6.04 Å². The van der Waals surface area contributed by atoms with E-state index in [2.05, 4.69) is 0 Å². The number of carbonyl (C=O) groups is 1. The van der Waals surface area contributed by atoms with Gasteiger partial charge in [-0.3, -0.25) is 4.79 Å². The summed E-state index contributed by atoms with van der Waals surface area (Å²) in [5, 5.41) is 8.44. The Bertz CT molecular complexity index is 179. The number of ether oxygens (including phenoxy) is 3. The Morgan fingerprint density at radius 2 is 1.56 bits per heavy atom. The standard InChI is InChI=1S/C9H20N2O5/c10-1-2-14-3-4-15-5-6-16-7-8(11)9(12)13/h8H,1-7,10-11H2,(H,12,13)/t8-/m0/s1. The molecule has 0 spiro atoms. The third kappa shape index (κ3) is 9.81. The molecule has 0 aliphatic carbocycles. The van der Waals surface area contributed by atoms with Crippen molar-refractivity contribution in [2.24, 2.45) is 11.5 Å². The fourth-order valence-corrected chi connectivity index (χ4v) is 0.805. The van der Waals surface area contributed by atoms with Crippen molar-refractivity contribution in [3.8, 4) is 0 Å². The highest BCUT2D eigenvalue weighted by atomic mass is 16.5. The highest BCUT2D eigenvalue weighted by molar-refractivity contribution is 5.73. The topological polar surface area (TPSA) is 117 Å². The largest absolute Gasteiger partial charge is 0.480 e. The number of nitrogens with two attached hydrogens (primary N) is 2. The van der Waals surface area contributed by atoms with Crippen molar-refractivity contribution in [1.82, 2.24) is 0 Å². The second-order valence-electron chi connectivity index (χ2n) is 3.03. The predicted octanol–water partition coefficient (Wildman–Crippen LogP) is -1.59. The number of hydrogen-bond acceptors (Lipinski definition) is 6. The molecule has 0 saturated carbocycles. The van der Waals surface area contributed by atoms with E-state index < -0.39 is 12.0 Å². The van der Waals surface area contributed by atoms with Crippen molar-refractivity contribution < 1.29 is 24.1 Å². The molecule has 0 aliphatic rings. The number of carboxylic acid groups (broad SMARTS) is 1. The summed E-state index contributed by atoms with van der Waals surface area (Å²) in [5.74, 6) is -1.07. The third-order valence-corrected chi connectivity index (χ3v) is 1.62. The van der Waals surface area contributed by atoms with E-state index >= 15 is 0 Å². The van der Waals surface area contributed by atoms with E-state index in [9.17, 15) is 4.79 Å². The van der Waals surface area contributed by atoms with Gasteiger partial charge >= 0.3 is 5.97 Å². The van der Waals surface area contributed by atoms with Gasteiger partial charge in [0, 0.05) is 6.54 Å². The van der Waals surface area contributed by atoms with E-state index in [1.807, 2.05) is 0 Å². The Kier molecular flexibility index (Phi) is 10.3. The van der Waals surface area contributed by atoms with Crippen molar-refractivity contribution in [3.63, 3.8) is 0 Å². The van der Waals surface area contributed by atoms with Crippen molar-refractivity contribution >= 4 is 5.97 Å². The minimum absolute atomic E-state index is 0.0115. The SMILES string of the molecule is NCCOCCOCCOC[C@H](N)C(=O)O. The maximum Gasteiger partial charge on any atom is 0.322 e. The summed E-state index contributed by atoms with van der Waals surface area (Å²) in [4.78, 5) is 10.3. The summed E-state index contributed by atoms with van der Waals surface area (Å²) in [6.07, 6.45) is 0. The van der Waals surface area contributed by atoms with Crippen LogP contribution >= 0.6 is 0 Å². The fourth-order valence-electron chi connectivity index (χ4n) is 0.805. The zero-order chi connectivity index (χ0) is 12.2. The number of aliphatic carboxylic acids is 1. The minimum Gasteiger partial charge on any atom is -0.480 e. The predicted molar refractivity (Wildman–Crippen MR) is 57.1 cm³/mol. The number of rotatable bonds is 11. The van der Waals surface area contributed by atoms with Gasteiger partial charge in [0.05, 0.1) is 39.6 Å². The molecule has 0 amide bonds. The minimum atomic E-state index is -1.07. The van der Waals surface area contributed by atoms with Crippen LogP contribution in [-0.4, -0.2) is 63.3 Å². The molecule has 7 heteroatoms. The van der Waals surface area contributed by atoms with Gasteiger partial charge in [-0.1, -0.05) is 0 Å². The Morgan fingerprint density at radius 1 is 1.06 bits per heavy atom. The maximum absolute atomic E-state index is 10.3. The third-order valence-electron chi connectivity index (χ3n) is 1.62. The van der Waals surface area contributed by atoms with Gasteiger partial charge in [0.2, 0.25) is 0 Å². The molecule has 96 valence electrons. The first kappa shape index (κ1) is 15.3. The summed E-state index contributed by atoms with van der Waals surface area (Å²) in [5.41, 5.74) is 10.4. The van der Waals surface area contributed by atoms with E-state index in [4.69, 9.17) is 30.8 Å². The van der Waals surface area contributed by atoms with Crippen LogP contribution in [0.25, 0.3) is 0 Å². The second kappa shape index (κ2) is 10.8.